The molecule has 18 nitrogen and oxygen atoms in total. The molecule has 1 aliphatic heterocycles. The largest absolute Gasteiger partial charge is 0.490 e. The van der Waals surface area contributed by atoms with Gasteiger partial charge in [0, 0.05) is 16.4 Å². The van der Waals surface area contributed by atoms with E-state index in [2.05, 4.69) is 44.3 Å². The maximum Gasteiger partial charge on any atom is 0.490 e. The molecule has 1 aromatic carbocycles. The number of carbonyl (C=O) groups is 1. The number of carbonyl (C=O) groups excluding carboxylic acids is 1. The van der Waals surface area contributed by atoms with E-state index in [1.54, 1.807) is 45.9 Å². The summed E-state index contributed by atoms with van der Waals surface area (Å²) in [5.41, 5.74) is 7.42. The number of aromatic nitrogens is 4. The molecule has 3 heterocycles. The lowest BCUT2D eigenvalue weighted by atomic mass is 10.0. The van der Waals surface area contributed by atoms with Crippen LogP contribution in [0.3, 0.4) is 0 Å². The second-order valence-corrected chi connectivity index (χ2v) is 18.6. The molecule has 6 atom stereocenters. The maximum absolute atomic E-state index is 13.6. The smallest absolute Gasteiger partial charge is 0.456 e. The molecule has 254 valence electrons. The fourth-order valence-electron chi connectivity index (χ4n) is 4.20. The molecule has 2 aromatic heterocycles. The monoisotopic (exact) mass is 743 g/mol. The van der Waals surface area contributed by atoms with Gasteiger partial charge in [0.2, 0.25) is 0 Å². The van der Waals surface area contributed by atoms with Crippen molar-refractivity contribution in [2.45, 2.75) is 62.5 Å². The first kappa shape index (κ1) is 36.9. The highest BCUT2D eigenvalue weighted by atomic mass is 33.1. The van der Waals surface area contributed by atoms with Gasteiger partial charge >= 0.3 is 29.4 Å². The van der Waals surface area contributed by atoms with Gasteiger partial charge in [-0.05, 0) is 18.6 Å². The third-order valence-electron chi connectivity index (χ3n) is 6.02. The summed E-state index contributed by atoms with van der Waals surface area (Å²) < 4.78 is 60.8. The van der Waals surface area contributed by atoms with E-state index in [0.29, 0.717) is 5.56 Å². The Morgan fingerprint density at radius 3 is 2.48 bits per heavy atom. The van der Waals surface area contributed by atoms with E-state index >= 15 is 0 Å². The zero-order valence-electron chi connectivity index (χ0n) is 24.7. The number of benzene rings is 1. The highest BCUT2D eigenvalue weighted by Crippen LogP contribution is 2.66. The van der Waals surface area contributed by atoms with Crippen molar-refractivity contribution in [3.05, 3.63) is 48.0 Å². The number of phosphoric acid groups is 3. The van der Waals surface area contributed by atoms with Crippen molar-refractivity contribution >= 4 is 68.0 Å². The van der Waals surface area contributed by atoms with Gasteiger partial charge in [-0.2, -0.15) is 8.62 Å². The van der Waals surface area contributed by atoms with Crippen LogP contribution < -0.4 is 5.73 Å². The predicted octanol–water partition coefficient (Wildman–Crippen LogP) is 4.51. The summed E-state index contributed by atoms with van der Waals surface area (Å²) >= 11 is 0. The van der Waals surface area contributed by atoms with Gasteiger partial charge < -0.3 is 34.8 Å². The van der Waals surface area contributed by atoms with Gasteiger partial charge in [-0.1, -0.05) is 60.6 Å². The molecule has 0 radical (unpaired) electrons. The summed E-state index contributed by atoms with van der Waals surface area (Å²) in [6, 6.07) is 6.88. The van der Waals surface area contributed by atoms with Crippen molar-refractivity contribution in [2.75, 3.05) is 12.3 Å². The molecule has 4 rings (SSSR count). The Balaban J connectivity index is 1.57. The van der Waals surface area contributed by atoms with E-state index in [-0.39, 0.29) is 39.0 Å². The van der Waals surface area contributed by atoms with Crippen molar-refractivity contribution in [1.82, 2.24) is 19.5 Å². The number of nitrogens with two attached hydrogens (primary N) is 1. The number of esters is 1. The minimum atomic E-state index is -5.76. The average Bonchev–Trinajstić information content (AvgIpc) is 3.53. The summed E-state index contributed by atoms with van der Waals surface area (Å²) in [4.78, 5) is 62.8. The molecule has 23 heteroatoms. The van der Waals surface area contributed by atoms with Gasteiger partial charge in [-0.25, -0.2) is 33.4 Å². The molecule has 46 heavy (non-hydrogen) atoms. The molecule has 0 aliphatic carbocycles. The SMILES string of the molecule is CC(SSC(C)(C)C)c1ccccc1C(=O)O[C@@H]1C[C@H](n2cnc3c(N)ncnc32)OC1COP(=O)(O)OP(=O)(O)OP(=O)(O)O. The van der Waals surface area contributed by atoms with E-state index in [1.165, 1.54) is 17.2 Å². The van der Waals surface area contributed by atoms with Crippen LogP contribution in [0.25, 0.3) is 11.2 Å². The van der Waals surface area contributed by atoms with Crippen LogP contribution in [0, 0.1) is 0 Å². The Kier molecular flexibility index (Phi) is 11.5. The topological polar surface area (TPSA) is 265 Å². The third-order valence-corrected chi connectivity index (χ3v) is 13.6. The van der Waals surface area contributed by atoms with Crippen LogP contribution >= 0.6 is 45.1 Å². The van der Waals surface area contributed by atoms with E-state index in [4.69, 9.17) is 29.5 Å². The average molecular weight is 744 g/mol. The molecule has 3 aromatic rings. The molecule has 6 N–H and O–H groups in total. The molecule has 1 saturated heterocycles. The highest BCUT2D eigenvalue weighted by molar-refractivity contribution is 8.77. The first-order chi connectivity index (χ1) is 21.2. The van der Waals surface area contributed by atoms with Gasteiger partial charge in [-0.15, -0.1) is 0 Å². The number of ether oxygens (including phenoxy) is 2. The number of rotatable bonds is 13. The number of phosphoric ester groups is 1. The van der Waals surface area contributed by atoms with E-state index in [1.807, 2.05) is 6.92 Å². The lowest BCUT2D eigenvalue weighted by Crippen LogP contribution is -2.31. The van der Waals surface area contributed by atoms with E-state index < -0.39 is 54.5 Å². The third kappa shape index (κ3) is 10.1. The summed E-state index contributed by atoms with van der Waals surface area (Å²) in [6.07, 6.45) is -0.765. The molecule has 0 amide bonds. The number of nitrogens with zero attached hydrogens (tertiary/aromatic N) is 4. The molecule has 0 saturated carbocycles. The number of fused-ring (bicyclic) bond motifs is 1. The molecular weight excluding hydrogens is 711 g/mol. The van der Waals surface area contributed by atoms with Crippen molar-refractivity contribution in [2.24, 2.45) is 0 Å². The Hall–Kier alpha value is -1.89. The molecule has 1 aliphatic rings. The molecule has 1 fully saturated rings. The number of nitrogen functional groups attached to an aromatic ring is 1. The number of anilines is 1. The van der Waals surface area contributed by atoms with Gasteiger partial charge in [0.25, 0.3) is 0 Å². The van der Waals surface area contributed by atoms with Crippen molar-refractivity contribution < 1.29 is 60.7 Å². The normalized spacial score (nSPS) is 22.3. The minimum Gasteiger partial charge on any atom is -0.456 e. The lowest BCUT2D eigenvalue weighted by Gasteiger charge is -2.23. The maximum atomic E-state index is 13.6. The second kappa shape index (κ2) is 14.3. The standard InChI is InChI=1S/C23H32N5O13P3S2/c1-13(45-46-23(2,3)4)14-7-5-6-8-15(14)22(29)39-16-9-18(28-12-27-19-20(24)25-11-26-21(19)28)38-17(16)10-37-43(33,34)41-44(35,36)40-42(30,31)32/h5-8,11-13,16-18H,9-10H2,1-4H3,(H,33,34)(H,35,36)(H2,24,25,26)(H2,30,31,32)/t13?,16-,17?,18-/m1/s1. The van der Waals surface area contributed by atoms with Crippen LogP contribution in [0.1, 0.15) is 61.5 Å². The second-order valence-electron chi connectivity index (χ2n) is 10.8. The number of imidazole rings is 1. The summed E-state index contributed by atoms with van der Waals surface area (Å²) in [5.74, 6) is -0.620. The van der Waals surface area contributed by atoms with Crippen molar-refractivity contribution in [3.8, 4) is 0 Å². The molecule has 0 bridgehead atoms. The summed E-state index contributed by atoms with van der Waals surface area (Å²) in [5, 5.41) is -0.107. The van der Waals surface area contributed by atoms with Gasteiger partial charge in [-0.3, -0.25) is 9.09 Å². The van der Waals surface area contributed by atoms with Crippen LogP contribution in [-0.4, -0.2) is 68.6 Å². The Morgan fingerprint density at radius 2 is 1.80 bits per heavy atom. The Labute approximate surface area is 270 Å². The molecular formula is C23H32N5O13P3S2. The zero-order valence-corrected chi connectivity index (χ0v) is 29.0. The van der Waals surface area contributed by atoms with Crippen LogP contribution in [0.2, 0.25) is 0 Å². The Morgan fingerprint density at radius 1 is 1.11 bits per heavy atom. The zero-order chi connectivity index (χ0) is 34.1. The predicted molar refractivity (Wildman–Crippen MR) is 167 cm³/mol. The van der Waals surface area contributed by atoms with Crippen LogP contribution in [0.15, 0.2) is 36.9 Å². The number of hydrogen-bond acceptors (Lipinski definition) is 15. The first-order valence-electron chi connectivity index (χ1n) is 13.2. The van der Waals surface area contributed by atoms with Crippen LogP contribution in [0.4, 0.5) is 5.82 Å². The summed E-state index contributed by atoms with van der Waals surface area (Å²) in [6.45, 7) is 7.31. The lowest BCUT2D eigenvalue weighted by molar-refractivity contribution is -0.0490. The molecule has 0 spiro atoms. The van der Waals surface area contributed by atoms with Crippen molar-refractivity contribution in [1.29, 1.82) is 0 Å². The number of hydrogen-bond donors (Lipinski definition) is 5. The van der Waals surface area contributed by atoms with Crippen molar-refractivity contribution in [3.63, 3.8) is 0 Å². The van der Waals surface area contributed by atoms with Crippen LogP contribution in [0.5, 0.6) is 0 Å². The quantitative estimate of drug-likeness (QED) is 0.0916. The van der Waals surface area contributed by atoms with E-state index in [0.717, 1.165) is 0 Å². The van der Waals surface area contributed by atoms with Gasteiger partial charge in [0.15, 0.2) is 11.5 Å². The highest BCUT2D eigenvalue weighted by Gasteiger charge is 2.44. The fourth-order valence-corrected chi connectivity index (χ4v) is 9.59. The molecule has 4 unspecified atom stereocenters. The fraction of sp³-hybridized carbons (Fsp3) is 0.478. The first-order valence-corrected chi connectivity index (χ1v) is 20.0. The Bertz CT molecular complexity index is 1720. The van der Waals surface area contributed by atoms with Gasteiger partial charge in [0.05, 0.1) is 18.5 Å². The van der Waals surface area contributed by atoms with Crippen LogP contribution in [-0.2, 0) is 36.3 Å². The van der Waals surface area contributed by atoms with E-state index in [9.17, 15) is 28.3 Å². The summed E-state index contributed by atoms with van der Waals surface area (Å²) in [7, 11) is -13.6. The van der Waals surface area contributed by atoms with Gasteiger partial charge in [0.1, 0.15) is 30.3 Å². The minimum absolute atomic E-state index is 0.0299.